The van der Waals surface area contributed by atoms with Gasteiger partial charge in [0.25, 0.3) is 0 Å². The van der Waals surface area contributed by atoms with Crippen molar-refractivity contribution in [3.05, 3.63) is 113 Å². The first-order valence-corrected chi connectivity index (χ1v) is 10.0. The zero-order valence-electron chi connectivity index (χ0n) is 17.3. The molecule has 3 aromatic rings. The molecule has 1 heterocycles. The maximum Gasteiger partial charge on any atom is 0.416 e. The maximum absolute atomic E-state index is 13.1. The third-order valence-electron chi connectivity index (χ3n) is 5.45. The number of alkyl halides is 6. The summed E-state index contributed by atoms with van der Waals surface area (Å²) in [6, 6.07) is 14.7. The molecule has 0 unspecified atom stereocenters. The molecule has 0 saturated carbocycles. The number of aromatic nitrogens is 1. The molecule has 1 N–H and O–H groups in total. The standard InChI is InChI=1S/C25H19F6N2/c1-33-20(8-5-11-23(33)22-10-4-7-16-6-2-3-9-21(16)22)15-32-19-13-17(24(26,27)28)12-18(14-19)25(29,30)31/h2-6,8-14,32H,1,7,15H2/q+1/b23-22+. The largest absolute Gasteiger partial charge is 0.416 e. The summed E-state index contributed by atoms with van der Waals surface area (Å²) >= 11 is 0. The van der Waals surface area contributed by atoms with Crippen molar-refractivity contribution in [2.24, 2.45) is 0 Å². The molecule has 1 aliphatic carbocycles. The first kappa shape index (κ1) is 22.6. The predicted molar refractivity (Wildman–Crippen MR) is 113 cm³/mol. The quantitative estimate of drug-likeness (QED) is 0.399. The van der Waals surface area contributed by atoms with Crippen LogP contribution in [0.4, 0.5) is 32.0 Å². The summed E-state index contributed by atoms with van der Waals surface area (Å²) in [7, 11) is 0. The van der Waals surface area contributed by atoms with Crippen LogP contribution in [0.2, 0.25) is 0 Å². The van der Waals surface area contributed by atoms with Crippen LogP contribution in [-0.2, 0) is 25.3 Å². The second kappa shape index (κ2) is 8.42. The predicted octanol–water partition coefficient (Wildman–Crippen LogP) is 5.57. The molecule has 0 bridgehead atoms. The normalized spacial score (nSPS) is 15.3. The van der Waals surface area contributed by atoms with Gasteiger partial charge in [0.2, 0.25) is 11.0 Å². The van der Waals surface area contributed by atoms with Crippen molar-refractivity contribution >= 4 is 11.3 Å². The van der Waals surface area contributed by atoms with Crippen molar-refractivity contribution < 1.29 is 30.6 Å². The Morgan fingerprint density at radius 2 is 1.52 bits per heavy atom. The van der Waals surface area contributed by atoms with Crippen molar-refractivity contribution in [2.45, 2.75) is 25.3 Å². The van der Waals surface area contributed by atoms with Gasteiger partial charge in [0.1, 0.15) is 13.3 Å². The van der Waals surface area contributed by atoms with Gasteiger partial charge in [0.05, 0.1) is 16.7 Å². The van der Waals surface area contributed by atoms with Crippen LogP contribution in [0.15, 0.2) is 72.8 Å². The summed E-state index contributed by atoms with van der Waals surface area (Å²) in [5.74, 6) is 0. The molecule has 8 heteroatoms. The molecule has 2 aromatic carbocycles. The van der Waals surface area contributed by atoms with Gasteiger partial charge in [-0.1, -0.05) is 36.4 Å². The van der Waals surface area contributed by atoms with Crippen molar-refractivity contribution in [1.82, 2.24) is 0 Å². The Morgan fingerprint density at radius 1 is 0.848 bits per heavy atom. The summed E-state index contributed by atoms with van der Waals surface area (Å²) in [5, 5.41) is 3.46. The van der Waals surface area contributed by atoms with Crippen LogP contribution in [0.5, 0.6) is 0 Å². The number of allylic oxidation sites excluding steroid dienone is 2. The third kappa shape index (κ3) is 4.79. The highest BCUT2D eigenvalue weighted by Crippen LogP contribution is 2.37. The lowest BCUT2D eigenvalue weighted by molar-refractivity contribution is -0.523. The molecule has 4 rings (SSSR count). The number of halogens is 6. The zero-order valence-corrected chi connectivity index (χ0v) is 17.3. The second-order valence-corrected chi connectivity index (χ2v) is 7.66. The van der Waals surface area contributed by atoms with Gasteiger partial charge in [-0.05, 0) is 41.8 Å². The van der Waals surface area contributed by atoms with E-state index in [4.69, 9.17) is 0 Å². The molecule has 0 radical (unpaired) electrons. The number of hydrogen-bond donors (Lipinski definition) is 1. The lowest BCUT2D eigenvalue weighted by atomic mass is 9.92. The number of nitrogens with zero attached hydrogens (tertiary/aromatic N) is 1. The molecular formula is C25H19F6N2+. The Bertz CT molecular complexity index is 1300. The van der Waals surface area contributed by atoms with Crippen LogP contribution in [-0.4, -0.2) is 0 Å². The Kier molecular flexibility index (Phi) is 5.78. The van der Waals surface area contributed by atoms with Crippen LogP contribution in [0.3, 0.4) is 0 Å². The number of fused-ring (bicyclic) bond motifs is 1. The lowest BCUT2D eigenvalue weighted by Gasteiger charge is -2.15. The molecule has 33 heavy (non-hydrogen) atoms. The Balaban J connectivity index is 1.71. The number of anilines is 1. The number of rotatable bonds is 3. The Morgan fingerprint density at radius 3 is 2.18 bits per heavy atom. The smallest absolute Gasteiger partial charge is 0.375 e. The van der Waals surface area contributed by atoms with E-state index < -0.39 is 23.5 Å². The summed E-state index contributed by atoms with van der Waals surface area (Å²) < 4.78 is 80.4. The minimum absolute atomic E-state index is 0.0193. The van der Waals surface area contributed by atoms with Crippen molar-refractivity contribution in [3.8, 4) is 0 Å². The van der Waals surface area contributed by atoms with Gasteiger partial charge in [0.15, 0.2) is 0 Å². The second-order valence-electron chi connectivity index (χ2n) is 7.66. The SMILES string of the molecule is C=[n+]1c(CNc2cc(C(F)(F)F)cc(C(F)(F)F)c2)ccc/c1=C1/C=CCc2ccccc21. The minimum Gasteiger partial charge on any atom is -0.375 e. The van der Waals surface area contributed by atoms with Gasteiger partial charge in [-0.25, -0.2) is 0 Å². The molecule has 1 aromatic heterocycles. The van der Waals surface area contributed by atoms with E-state index in [2.05, 4.69) is 12.0 Å². The van der Waals surface area contributed by atoms with Crippen LogP contribution in [0, 0.1) is 6.72 Å². The molecule has 0 aliphatic heterocycles. The van der Waals surface area contributed by atoms with Crippen LogP contribution >= 0.6 is 0 Å². The molecule has 0 fully saturated rings. The van der Waals surface area contributed by atoms with Crippen LogP contribution in [0.25, 0.3) is 5.57 Å². The summed E-state index contributed by atoms with van der Waals surface area (Å²) in [5.41, 5.74) is 0.719. The number of pyridine rings is 1. The van der Waals surface area contributed by atoms with Crippen molar-refractivity contribution in [2.75, 3.05) is 5.32 Å². The average Bonchev–Trinajstić information content (AvgIpc) is 2.77. The molecular weight excluding hydrogens is 442 g/mol. The first-order chi connectivity index (χ1) is 15.5. The highest BCUT2D eigenvalue weighted by Gasteiger charge is 2.37. The third-order valence-corrected chi connectivity index (χ3v) is 5.45. The highest BCUT2D eigenvalue weighted by molar-refractivity contribution is 5.76. The Labute approximate surface area is 185 Å². The molecule has 1 aliphatic rings. The van der Waals surface area contributed by atoms with Crippen molar-refractivity contribution in [3.63, 3.8) is 0 Å². The van der Waals surface area contributed by atoms with E-state index in [1.54, 1.807) is 16.4 Å². The van der Waals surface area contributed by atoms with E-state index in [0.29, 0.717) is 17.8 Å². The van der Waals surface area contributed by atoms with Crippen molar-refractivity contribution in [1.29, 1.82) is 0 Å². The van der Waals surface area contributed by atoms with E-state index in [-0.39, 0.29) is 18.3 Å². The minimum atomic E-state index is -4.90. The van der Waals surface area contributed by atoms with E-state index in [1.807, 2.05) is 42.5 Å². The van der Waals surface area contributed by atoms with Crippen LogP contribution < -0.4 is 14.9 Å². The van der Waals surface area contributed by atoms with Gasteiger partial charge >= 0.3 is 12.4 Å². The van der Waals surface area contributed by atoms with E-state index in [0.717, 1.165) is 28.5 Å². The summed E-state index contributed by atoms with van der Waals surface area (Å²) in [6.07, 6.45) is -4.99. The first-order valence-electron chi connectivity index (χ1n) is 10.0. The molecule has 170 valence electrons. The van der Waals surface area contributed by atoms with E-state index in [9.17, 15) is 26.3 Å². The van der Waals surface area contributed by atoms with E-state index >= 15 is 0 Å². The fourth-order valence-corrected chi connectivity index (χ4v) is 3.80. The van der Waals surface area contributed by atoms with E-state index in [1.165, 1.54) is 0 Å². The topological polar surface area (TPSA) is 17.9 Å². The van der Waals surface area contributed by atoms with Gasteiger partial charge < -0.3 is 5.32 Å². The fourth-order valence-electron chi connectivity index (χ4n) is 3.80. The summed E-state index contributed by atoms with van der Waals surface area (Å²) in [4.78, 5) is 0. The van der Waals surface area contributed by atoms with Gasteiger partial charge in [0, 0.05) is 17.8 Å². The highest BCUT2D eigenvalue weighted by atomic mass is 19.4. The number of benzene rings is 2. The molecule has 0 spiro atoms. The zero-order chi connectivity index (χ0) is 23.8. The van der Waals surface area contributed by atoms with Crippen LogP contribution in [0.1, 0.15) is 27.9 Å². The molecule has 0 atom stereocenters. The monoisotopic (exact) mass is 461 g/mol. The Hall–Kier alpha value is -3.55. The van der Waals surface area contributed by atoms with Gasteiger partial charge in [-0.3, -0.25) is 0 Å². The molecule has 2 nitrogen and oxygen atoms in total. The summed E-state index contributed by atoms with van der Waals surface area (Å²) in [6.45, 7) is 4.04. The number of nitrogens with one attached hydrogen (secondary N) is 1. The molecule has 0 amide bonds. The average molecular weight is 461 g/mol. The number of hydrogen-bond acceptors (Lipinski definition) is 1. The van der Waals surface area contributed by atoms with Gasteiger partial charge in [-0.2, -0.15) is 30.6 Å². The van der Waals surface area contributed by atoms with Gasteiger partial charge in [-0.15, -0.1) is 0 Å². The lowest BCUT2D eigenvalue weighted by Crippen LogP contribution is -2.41. The maximum atomic E-state index is 13.1. The fraction of sp³-hybridized carbons (Fsp3) is 0.160. The molecule has 0 saturated heterocycles.